The van der Waals surface area contributed by atoms with E-state index in [0.29, 0.717) is 18.1 Å². The molecule has 0 saturated heterocycles. The minimum Gasteiger partial charge on any atom is -0.481 e. The number of rotatable bonds is 6. The first-order valence-electron chi connectivity index (χ1n) is 11.9. The van der Waals surface area contributed by atoms with Gasteiger partial charge in [0.25, 0.3) is 0 Å². The highest BCUT2D eigenvalue weighted by Crippen LogP contribution is 2.43. The normalized spacial score (nSPS) is 22.3. The Bertz CT molecular complexity index is 1220. The molecular formula is C26H28ClN3O3S. The van der Waals surface area contributed by atoms with E-state index in [1.165, 1.54) is 4.68 Å². The number of hydrogen-bond donors (Lipinski definition) is 1. The van der Waals surface area contributed by atoms with Crippen LogP contribution >= 0.6 is 23.4 Å². The molecule has 0 unspecified atom stereocenters. The molecule has 5 rings (SSSR count). The van der Waals surface area contributed by atoms with Crippen LogP contribution in [0.25, 0.3) is 11.1 Å². The van der Waals surface area contributed by atoms with Crippen LogP contribution < -0.4 is 5.69 Å². The van der Waals surface area contributed by atoms with Crippen LogP contribution in [0, 0.1) is 11.8 Å². The molecule has 8 heteroatoms. The molecule has 178 valence electrons. The molecule has 0 bridgehead atoms. The summed E-state index contributed by atoms with van der Waals surface area (Å²) < 4.78 is 3.31. The quantitative estimate of drug-likeness (QED) is 0.496. The monoisotopic (exact) mass is 497 g/mol. The molecule has 1 saturated carbocycles. The molecule has 0 radical (unpaired) electrons. The van der Waals surface area contributed by atoms with E-state index < -0.39 is 11.9 Å². The molecule has 1 aromatic heterocycles. The van der Waals surface area contributed by atoms with Crippen LogP contribution in [0.5, 0.6) is 0 Å². The van der Waals surface area contributed by atoms with Crippen LogP contribution in [0.4, 0.5) is 0 Å². The van der Waals surface area contributed by atoms with Crippen LogP contribution in [0.1, 0.15) is 37.9 Å². The summed E-state index contributed by atoms with van der Waals surface area (Å²) in [6.45, 7) is 1.09. The third kappa shape index (κ3) is 4.82. The standard InChI is InChI=1S/C26H28ClN3O3S/c27-20-10-5-17(6-11-20)18-7-12-21(13-8-18)34-22-14-9-19(24(22)25(31)32)16-30-26(33)29-15-3-1-2-4-23(29)28-30/h5-8,10-13,19,22,24H,1-4,9,14-16H2,(H,31,32)/t19-,22-,24-/m0/s1. The molecule has 34 heavy (non-hydrogen) atoms. The van der Waals surface area contributed by atoms with Gasteiger partial charge in [-0.25, -0.2) is 9.48 Å². The summed E-state index contributed by atoms with van der Waals surface area (Å²) in [7, 11) is 0. The lowest BCUT2D eigenvalue weighted by atomic mass is 9.96. The van der Waals surface area contributed by atoms with Crippen LogP contribution in [0.3, 0.4) is 0 Å². The van der Waals surface area contributed by atoms with Gasteiger partial charge in [-0.3, -0.25) is 9.36 Å². The van der Waals surface area contributed by atoms with E-state index in [2.05, 4.69) is 29.4 Å². The van der Waals surface area contributed by atoms with Gasteiger partial charge >= 0.3 is 11.7 Å². The summed E-state index contributed by atoms with van der Waals surface area (Å²) in [6, 6.07) is 16.0. The van der Waals surface area contributed by atoms with Gasteiger partial charge < -0.3 is 5.11 Å². The molecule has 1 N–H and O–H groups in total. The summed E-state index contributed by atoms with van der Waals surface area (Å²) in [5.41, 5.74) is 2.10. The molecular weight excluding hydrogens is 470 g/mol. The van der Waals surface area contributed by atoms with Crippen molar-refractivity contribution in [3.8, 4) is 11.1 Å². The zero-order valence-corrected chi connectivity index (χ0v) is 20.5. The molecule has 2 aliphatic rings. The second-order valence-corrected chi connectivity index (χ2v) is 11.0. The lowest BCUT2D eigenvalue weighted by Gasteiger charge is -2.20. The highest BCUT2D eigenvalue weighted by Gasteiger charge is 2.42. The van der Waals surface area contributed by atoms with Gasteiger partial charge in [-0.1, -0.05) is 42.3 Å². The van der Waals surface area contributed by atoms with Gasteiger partial charge in [-0.05, 0) is 67.0 Å². The first kappa shape index (κ1) is 23.2. The maximum atomic E-state index is 12.9. The Morgan fingerprint density at radius 3 is 2.44 bits per heavy atom. The summed E-state index contributed by atoms with van der Waals surface area (Å²) in [6.07, 6.45) is 5.58. The van der Waals surface area contributed by atoms with Crippen LogP contribution in [-0.2, 0) is 24.3 Å². The summed E-state index contributed by atoms with van der Waals surface area (Å²) in [4.78, 5) is 26.2. The Hall–Kier alpha value is -2.51. The maximum Gasteiger partial charge on any atom is 0.345 e. The summed E-state index contributed by atoms with van der Waals surface area (Å²) in [5, 5.41) is 15.3. The number of nitrogens with zero attached hydrogens (tertiary/aromatic N) is 3. The van der Waals surface area contributed by atoms with Crippen molar-refractivity contribution in [2.75, 3.05) is 0 Å². The predicted octanol–water partition coefficient (Wildman–Crippen LogP) is 5.36. The number of hydrogen-bond acceptors (Lipinski definition) is 4. The van der Waals surface area contributed by atoms with Crippen molar-refractivity contribution < 1.29 is 9.90 Å². The molecule has 3 atom stereocenters. The third-order valence-corrected chi connectivity index (χ3v) is 8.65. The van der Waals surface area contributed by atoms with Crippen LogP contribution in [-0.4, -0.2) is 30.7 Å². The van der Waals surface area contributed by atoms with Gasteiger partial charge in [0.1, 0.15) is 5.82 Å². The highest BCUT2D eigenvalue weighted by atomic mass is 35.5. The zero-order chi connectivity index (χ0) is 23.7. The molecule has 1 aliphatic heterocycles. The number of aliphatic carboxylic acids is 1. The third-order valence-electron chi connectivity index (χ3n) is 7.02. The van der Waals surface area contributed by atoms with Gasteiger partial charge in [-0.15, -0.1) is 11.8 Å². The summed E-state index contributed by atoms with van der Waals surface area (Å²) in [5.74, 6) is -0.541. The van der Waals surface area contributed by atoms with Crippen molar-refractivity contribution in [2.45, 2.75) is 61.8 Å². The van der Waals surface area contributed by atoms with E-state index in [-0.39, 0.29) is 16.9 Å². The largest absolute Gasteiger partial charge is 0.481 e. The maximum absolute atomic E-state index is 12.9. The van der Waals surface area contributed by atoms with Gasteiger partial charge in [0.05, 0.1) is 12.5 Å². The predicted molar refractivity (Wildman–Crippen MR) is 134 cm³/mol. The van der Waals surface area contributed by atoms with Crippen LogP contribution in [0.2, 0.25) is 5.02 Å². The van der Waals surface area contributed by atoms with E-state index in [4.69, 9.17) is 11.6 Å². The van der Waals surface area contributed by atoms with Gasteiger partial charge in [0, 0.05) is 28.1 Å². The van der Waals surface area contributed by atoms with E-state index in [1.807, 2.05) is 24.3 Å². The molecule has 0 amide bonds. The average molecular weight is 498 g/mol. The molecule has 2 heterocycles. The second kappa shape index (κ2) is 10.0. The Morgan fingerprint density at radius 2 is 1.74 bits per heavy atom. The fourth-order valence-corrected chi connectivity index (χ4v) is 6.76. The summed E-state index contributed by atoms with van der Waals surface area (Å²) >= 11 is 7.62. The fraction of sp³-hybridized carbons (Fsp3) is 0.423. The van der Waals surface area contributed by atoms with E-state index in [0.717, 1.165) is 60.4 Å². The molecule has 6 nitrogen and oxygen atoms in total. The number of halogens is 1. The van der Waals surface area contributed by atoms with Gasteiger partial charge in [0.2, 0.25) is 0 Å². The lowest BCUT2D eigenvalue weighted by molar-refractivity contribution is -0.142. The highest BCUT2D eigenvalue weighted by molar-refractivity contribution is 8.00. The minimum absolute atomic E-state index is 0.0278. The zero-order valence-electron chi connectivity index (χ0n) is 18.9. The smallest absolute Gasteiger partial charge is 0.345 e. The van der Waals surface area contributed by atoms with Gasteiger partial charge in [0.15, 0.2) is 0 Å². The number of carboxylic acid groups (broad SMARTS) is 1. The Morgan fingerprint density at radius 1 is 1.03 bits per heavy atom. The topological polar surface area (TPSA) is 77.1 Å². The van der Waals surface area contributed by atoms with Crippen molar-refractivity contribution in [3.05, 3.63) is 69.9 Å². The van der Waals surface area contributed by atoms with Crippen molar-refractivity contribution in [1.82, 2.24) is 14.3 Å². The fourth-order valence-electron chi connectivity index (χ4n) is 5.25. The van der Waals surface area contributed by atoms with Crippen molar-refractivity contribution in [3.63, 3.8) is 0 Å². The minimum atomic E-state index is -0.786. The van der Waals surface area contributed by atoms with Crippen molar-refractivity contribution in [2.24, 2.45) is 11.8 Å². The molecule has 2 aromatic carbocycles. The second-order valence-electron chi connectivity index (χ2n) is 9.23. The molecule has 0 spiro atoms. The van der Waals surface area contributed by atoms with E-state index in [1.54, 1.807) is 16.3 Å². The average Bonchev–Trinajstić information content (AvgIpc) is 3.25. The molecule has 1 fully saturated rings. The number of carbonyl (C=O) groups is 1. The first-order valence-corrected chi connectivity index (χ1v) is 13.2. The van der Waals surface area contributed by atoms with Crippen LogP contribution in [0.15, 0.2) is 58.2 Å². The SMILES string of the molecule is O=C(O)[C@H]1[C@H](Cn2nc3n(c2=O)CCCCC3)CC[C@@H]1Sc1ccc(-c2ccc(Cl)cc2)cc1. The van der Waals surface area contributed by atoms with Crippen molar-refractivity contribution >= 4 is 29.3 Å². The number of carboxylic acids is 1. The Balaban J connectivity index is 1.29. The first-order chi connectivity index (χ1) is 16.5. The van der Waals surface area contributed by atoms with E-state index >= 15 is 0 Å². The number of thioether (sulfide) groups is 1. The molecule has 3 aromatic rings. The molecule has 1 aliphatic carbocycles. The number of fused-ring (bicyclic) bond motifs is 1. The number of benzene rings is 2. The Kier molecular flexibility index (Phi) is 6.84. The lowest BCUT2D eigenvalue weighted by Crippen LogP contribution is -2.33. The number of aromatic nitrogens is 3. The van der Waals surface area contributed by atoms with E-state index in [9.17, 15) is 14.7 Å². The van der Waals surface area contributed by atoms with Crippen molar-refractivity contribution in [1.29, 1.82) is 0 Å². The van der Waals surface area contributed by atoms with Gasteiger partial charge in [-0.2, -0.15) is 5.10 Å². The number of aryl methyl sites for hydroxylation is 1. The Labute approximate surface area is 207 Å².